The van der Waals surface area contributed by atoms with Crippen molar-refractivity contribution in [2.45, 2.75) is 13.5 Å². The van der Waals surface area contributed by atoms with Crippen LogP contribution in [0.2, 0.25) is 0 Å². The van der Waals surface area contributed by atoms with Gasteiger partial charge >= 0.3 is 0 Å². The van der Waals surface area contributed by atoms with Crippen LogP contribution < -0.4 is 5.32 Å². The molecule has 19 heavy (non-hydrogen) atoms. The summed E-state index contributed by atoms with van der Waals surface area (Å²) in [6.45, 7) is 6.03. The van der Waals surface area contributed by atoms with E-state index >= 15 is 0 Å². The standard InChI is InChI=1S/C13H12BrF2N3/c1-3-4-19-7-8(2)17-13(19)18-12-5-9(14)10(15)6-11(12)16/h3,5-7H,1,4H2,2H3,(H,17,18). The van der Waals surface area contributed by atoms with Crippen LogP contribution in [0.1, 0.15) is 5.69 Å². The van der Waals surface area contributed by atoms with Crippen LogP contribution in [-0.4, -0.2) is 9.55 Å². The van der Waals surface area contributed by atoms with E-state index in [1.807, 2.05) is 13.1 Å². The van der Waals surface area contributed by atoms with Gasteiger partial charge in [0.05, 0.1) is 15.9 Å². The fraction of sp³-hybridized carbons (Fsp3) is 0.154. The fourth-order valence-corrected chi connectivity index (χ4v) is 2.01. The first kappa shape index (κ1) is 13.7. The van der Waals surface area contributed by atoms with Gasteiger partial charge < -0.3 is 9.88 Å². The predicted molar refractivity (Wildman–Crippen MR) is 74.5 cm³/mol. The van der Waals surface area contributed by atoms with Gasteiger partial charge in [0.2, 0.25) is 5.95 Å². The maximum Gasteiger partial charge on any atom is 0.207 e. The summed E-state index contributed by atoms with van der Waals surface area (Å²) in [5.74, 6) is -0.838. The molecule has 0 saturated carbocycles. The van der Waals surface area contributed by atoms with Crippen LogP contribution in [0.4, 0.5) is 20.4 Å². The van der Waals surface area contributed by atoms with Gasteiger partial charge in [0.15, 0.2) is 0 Å². The monoisotopic (exact) mass is 327 g/mol. The van der Waals surface area contributed by atoms with E-state index in [0.717, 1.165) is 11.8 Å². The molecule has 6 heteroatoms. The Hall–Kier alpha value is -1.69. The van der Waals surface area contributed by atoms with E-state index in [-0.39, 0.29) is 10.2 Å². The second-order valence-corrected chi connectivity index (χ2v) is 4.87. The highest BCUT2D eigenvalue weighted by Gasteiger charge is 2.11. The Morgan fingerprint density at radius 1 is 1.42 bits per heavy atom. The largest absolute Gasteiger partial charge is 0.323 e. The first-order valence-corrected chi connectivity index (χ1v) is 6.37. The molecule has 0 unspecified atom stereocenters. The van der Waals surface area contributed by atoms with E-state index in [4.69, 9.17) is 0 Å². The number of aromatic nitrogens is 2. The molecular formula is C13H12BrF2N3. The number of imidazole rings is 1. The van der Waals surface area contributed by atoms with Gasteiger partial charge in [-0.3, -0.25) is 0 Å². The summed E-state index contributed by atoms with van der Waals surface area (Å²) in [5, 5.41) is 2.85. The van der Waals surface area contributed by atoms with Crippen LogP contribution in [0.3, 0.4) is 0 Å². The zero-order valence-electron chi connectivity index (χ0n) is 10.3. The van der Waals surface area contributed by atoms with E-state index in [1.165, 1.54) is 6.07 Å². The van der Waals surface area contributed by atoms with Gasteiger partial charge in [-0.15, -0.1) is 6.58 Å². The molecule has 0 radical (unpaired) electrons. The number of allylic oxidation sites excluding steroid dienone is 1. The SMILES string of the molecule is C=CCn1cc(C)nc1Nc1cc(Br)c(F)cc1F. The van der Waals surface area contributed by atoms with Crippen LogP contribution in [0.15, 0.2) is 35.5 Å². The summed E-state index contributed by atoms with van der Waals surface area (Å²) in [5.41, 5.74) is 0.954. The third-order valence-electron chi connectivity index (χ3n) is 2.48. The van der Waals surface area contributed by atoms with Gasteiger partial charge in [0.1, 0.15) is 11.6 Å². The quantitative estimate of drug-likeness (QED) is 0.675. The second kappa shape index (κ2) is 5.52. The van der Waals surface area contributed by atoms with E-state index < -0.39 is 11.6 Å². The van der Waals surface area contributed by atoms with Gasteiger partial charge in [-0.1, -0.05) is 6.08 Å². The van der Waals surface area contributed by atoms with Gasteiger partial charge in [-0.05, 0) is 28.9 Å². The first-order chi connectivity index (χ1) is 9.01. The molecule has 2 rings (SSSR count). The Balaban J connectivity index is 2.35. The molecule has 100 valence electrons. The predicted octanol–water partition coefficient (Wildman–Crippen LogP) is 4.16. The molecule has 0 aliphatic heterocycles. The van der Waals surface area contributed by atoms with Gasteiger partial charge in [0.25, 0.3) is 0 Å². The zero-order chi connectivity index (χ0) is 14.0. The lowest BCUT2D eigenvalue weighted by Crippen LogP contribution is -2.03. The molecule has 0 amide bonds. The van der Waals surface area contributed by atoms with Crippen LogP contribution in [0.25, 0.3) is 0 Å². The molecule has 3 nitrogen and oxygen atoms in total. The molecule has 0 bridgehead atoms. The van der Waals surface area contributed by atoms with Gasteiger partial charge in [-0.2, -0.15) is 0 Å². The van der Waals surface area contributed by atoms with Crippen LogP contribution in [0, 0.1) is 18.6 Å². The maximum atomic E-state index is 13.7. The number of hydrogen-bond donors (Lipinski definition) is 1. The van der Waals surface area contributed by atoms with Crippen molar-refractivity contribution in [3.8, 4) is 0 Å². The molecule has 1 aromatic heterocycles. The third kappa shape index (κ3) is 3.01. The molecular weight excluding hydrogens is 316 g/mol. The minimum absolute atomic E-state index is 0.157. The molecule has 0 aliphatic carbocycles. The molecule has 1 aromatic carbocycles. The third-order valence-corrected chi connectivity index (χ3v) is 3.09. The molecule has 1 heterocycles. The lowest BCUT2D eigenvalue weighted by atomic mass is 10.3. The Kier molecular flexibility index (Phi) is 3.99. The van der Waals surface area contributed by atoms with E-state index in [9.17, 15) is 8.78 Å². The van der Waals surface area contributed by atoms with Crippen molar-refractivity contribution in [1.29, 1.82) is 0 Å². The van der Waals surface area contributed by atoms with Crippen molar-refractivity contribution < 1.29 is 8.78 Å². The molecule has 0 aliphatic rings. The number of rotatable bonds is 4. The normalized spacial score (nSPS) is 10.5. The lowest BCUT2D eigenvalue weighted by molar-refractivity contribution is 0.581. The number of anilines is 2. The number of aryl methyl sites for hydroxylation is 1. The van der Waals surface area contributed by atoms with Gasteiger partial charge in [-0.25, -0.2) is 13.8 Å². The van der Waals surface area contributed by atoms with Crippen LogP contribution >= 0.6 is 15.9 Å². The van der Waals surface area contributed by atoms with E-state index in [1.54, 1.807) is 10.6 Å². The summed E-state index contributed by atoms with van der Waals surface area (Å²) < 4.78 is 28.8. The highest BCUT2D eigenvalue weighted by molar-refractivity contribution is 9.10. The van der Waals surface area contributed by atoms with Gasteiger partial charge in [0, 0.05) is 18.8 Å². The first-order valence-electron chi connectivity index (χ1n) is 5.57. The van der Waals surface area contributed by atoms with Crippen LogP contribution in [-0.2, 0) is 6.54 Å². The minimum Gasteiger partial charge on any atom is -0.323 e. The van der Waals surface area contributed by atoms with E-state index in [0.29, 0.717) is 12.5 Å². The van der Waals surface area contributed by atoms with Crippen molar-refractivity contribution in [1.82, 2.24) is 9.55 Å². The second-order valence-electron chi connectivity index (χ2n) is 4.02. The average molecular weight is 328 g/mol. The summed E-state index contributed by atoms with van der Waals surface area (Å²) in [7, 11) is 0. The Morgan fingerprint density at radius 2 is 2.16 bits per heavy atom. The summed E-state index contributed by atoms with van der Waals surface area (Å²) in [6, 6.07) is 2.16. The molecule has 0 spiro atoms. The number of nitrogens with zero attached hydrogens (tertiary/aromatic N) is 2. The van der Waals surface area contributed by atoms with Crippen molar-refractivity contribution in [3.05, 3.63) is 52.8 Å². The summed E-state index contributed by atoms with van der Waals surface area (Å²) in [4.78, 5) is 4.25. The molecule has 0 fully saturated rings. The number of nitrogens with one attached hydrogen (secondary N) is 1. The Labute approximate surface area is 118 Å². The number of halogens is 3. The topological polar surface area (TPSA) is 29.9 Å². The highest BCUT2D eigenvalue weighted by Crippen LogP contribution is 2.26. The van der Waals surface area contributed by atoms with E-state index in [2.05, 4.69) is 32.8 Å². The smallest absolute Gasteiger partial charge is 0.207 e. The molecule has 1 N–H and O–H groups in total. The molecule has 0 atom stereocenters. The summed E-state index contributed by atoms with van der Waals surface area (Å²) in [6.07, 6.45) is 3.53. The van der Waals surface area contributed by atoms with Crippen molar-refractivity contribution in [2.75, 3.05) is 5.32 Å². The van der Waals surface area contributed by atoms with Crippen LogP contribution in [0.5, 0.6) is 0 Å². The number of benzene rings is 1. The van der Waals surface area contributed by atoms with Crippen molar-refractivity contribution in [2.24, 2.45) is 0 Å². The average Bonchev–Trinajstić information content (AvgIpc) is 2.67. The van der Waals surface area contributed by atoms with Crippen molar-refractivity contribution in [3.63, 3.8) is 0 Å². The molecule has 0 saturated heterocycles. The lowest BCUT2D eigenvalue weighted by Gasteiger charge is -2.09. The van der Waals surface area contributed by atoms with Crippen molar-refractivity contribution >= 4 is 27.6 Å². The zero-order valence-corrected chi connectivity index (χ0v) is 11.8. The fourth-order valence-electron chi connectivity index (χ4n) is 1.66. The Bertz CT molecular complexity index is 623. The Morgan fingerprint density at radius 3 is 2.84 bits per heavy atom. The highest BCUT2D eigenvalue weighted by atomic mass is 79.9. The minimum atomic E-state index is -0.675. The maximum absolute atomic E-state index is 13.7. The number of hydrogen-bond acceptors (Lipinski definition) is 2. The molecule has 2 aromatic rings. The summed E-state index contributed by atoms with van der Waals surface area (Å²) >= 11 is 3.02.